The number of nitrogens with zero attached hydrogens (tertiary/aromatic N) is 1. The molecule has 0 saturated heterocycles. The van der Waals surface area contributed by atoms with Gasteiger partial charge < -0.3 is 15.0 Å². The molecule has 0 aliphatic carbocycles. The second kappa shape index (κ2) is 6.50. The maximum atomic E-state index is 14.0. The molecule has 2 aromatic carbocycles. The number of carbonyl (C=O) groups is 1. The van der Waals surface area contributed by atoms with Gasteiger partial charge in [0.25, 0.3) is 5.91 Å². The molecule has 2 N–H and O–H groups in total. The zero-order valence-electron chi connectivity index (χ0n) is 14.5. The van der Waals surface area contributed by atoms with Gasteiger partial charge in [-0.05, 0) is 41.8 Å². The predicted molar refractivity (Wildman–Crippen MR) is 96.2 cm³/mol. The van der Waals surface area contributed by atoms with Crippen LogP contribution >= 0.6 is 0 Å². The van der Waals surface area contributed by atoms with Gasteiger partial charge >= 0.3 is 0 Å². The highest BCUT2D eigenvalue weighted by atomic mass is 32.2. The van der Waals surface area contributed by atoms with Crippen LogP contribution in [0.15, 0.2) is 41.3 Å². The van der Waals surface area contributed by atoms with Gasteiger partial charge in [-0.3, -0.25) is 4.79 Å². The van der Waals surface area contributed by atoms with Crippen molar-refractivity contribution in [2.45, 2.75) is 24.0 Å². The summed E-state index contributed by atoms with van der Waals surface area (Å²) in [6.45, 7) is 0.610. The van der Waals surface area contributed by atoms with Crippen LogP contribution in [0.25, 0.3) is 0 Å². The Morgan fingerprint density at radius 1 is 1.26 bits per heavy atom. The van der Waals surface area contributed by atoms with Gasteiger partial charge in [-0.25, -0.2) is 12.8 Å². The van der Waals surface area contributed by atoms with Crippen molar-refractivity contribution in [3.05, 3.63) is 53.3 Å². The summed E-state index contributed by atoms with van der Waals surface area (Å²) in [7, 11) is -2.38. The maximum absolute atomic E-state index is 14.0. The molecule has 0 spiro atoms. The molecule has 1 atom stereocenters. The van der Waals surface area contributed by atoms with Crippen molar-refractivity contribution in [3.63, 3.8) is 0 Å². The van der Waals surface area contributed by atoms with Gasteiger partial charge in [0.15, 0.2) is 17.7 Å². The maximum Gasteiger partial charge on any atom is 0.261 e. The van der Waals surface area contributed by atoms with Crippen molar-refractivity contribution in [2.75, 3.05) is 19.0 Å². The highest BCUT2D eigenvalue weighted by Gasteiger charge is 2.36. The first-order chi connectivity index (χ1) is 12.9. The molecule has 2 aromatic rings. The number of anilines is 1. The number of hydrogen-bond acceptors (Lipinski definition) is 5. The SMILES string of the molecule is COc1cc2c(cc1F)CN(C(=O)C1Nc3ccccc3S(=O)(=O)N1)CC2. The normalized spacial score (nSPS) is 20.2. The molecular weight excluding hydrogens is 373 g/mol. The Kier molecular flexibility index (Phi) is 4.27. The van der Waals surface area contributed by atoms with Crippen molar-refractivity contribution in [3.8, 4) is 5.75 Å². The number of fused-ring (bicyclic) bond motifs is 2. The Morgan fingerprint density at radius 2 is 2.04 bits per heavy atom. The molecule has 2 heterocycles. The lowest BCUT2D eigenvalue weighted by molar-refractivity contribution is -0.133. The molecule has 7 nitrogen and oxygen atoms in total. The number of hydrogen-bond donors (Lipinski definition) is 2. The van der Waals surface area contributed by atoms with Crippen LogP contribution in [0.5, 0.6) is 5.75 Å². The average Bonchev–Trinajstić information content (AvgIpc) is 2.66. The minimum Gasteiger partial charge on any atom is -0.494 e. The fraction of sp³-hybridized carbons (Fsp3) is 0.278. The van der Waals surface area contributed by atoms with Crippen LogP contribution in [-0.2, 0) is 27.8 Å². The number of sulfonamides is 1. The number of rotatable bonds is 2. The third-order valence-electron chi connectivity index (χ3n) is 4.79. The Morgan fingerprint density at radius 3 is 2.81 bits per heavy atom. The van der Waals surface area contributed by atoms with Crippen LogP contribution < -0.4 is 14.8 Å². The molecule has 1 amide bonds. The largest absolute Gasteiger partial charge is 0.494 e. The molecule has 1 unspecified atom stereocenters. The Balaban J connectivity index is 1.57. The zero-order chi connectivity index (χ0) is 19.2. The van der Waals surface area contributed by atoms with E-state index in [9.17, 15) is 17.6 Å². The van der Waals surface area contributed by atoms with Gasteiger partial charge in [-0.2, -0.15) is 4.72 Å². The first kappa shape index (κ1) is 17.7. The van der Waals surface area contributed by atoms with Crippen molar-refractivity contribution in [1.29, 1.82) is 0 Å². The van der Waals surface area contributed by atoms with E-state index < -0.39 is 27.9 Å². The Labute approximate surface area is 156 Å². The summed E-state index contributed by atoms with van der Waals surface area (Å²) >= 11 is 0. The third kappa shape index (κ3) is 3.13. The first-order valence-electron chi connectivity index (χ1n) is 8.41. The monoisotopic (exact) mass is 391 g/mol. The van der Waals surface area contributed by atoms with Gasteiger partial charge in [-0.15, -0.1) is 0 Å². The lowest BCUT2D eigenvalue weighted by Crippen LogP contribution is -2.55. The number of ether oxygens (including phenoxy) is 1. The molecule has 0 radical (unpaired) electrons. The number of para-hydroxylation sites is 1. The number of carbonyl (C=O) groups excluding carboxylic acids is 1. The molecule has 0 aromatic heterocycles. The van der Waals surface area contributed by atoms with Crippen molar-refractivity contribution < 1.29 is 22.3 Å². The standard InChI is InChI=1S/C18H18FN3O4S/c1-26-15-9-11-6-7-22(10-12(11)8-13(15)19)18(23)17-20-14-4-2-3-5-16(14)27(24,25)21-17/h2-5,8-9,17,20-21H,6-7,10H2,1H3. The van der Waals surface area contributed by atoms with E-state index in [2.05, 4.69) is 10.0 Å². The number of halogens is 1. The lowest BCUT2D eigenvalue weighted by atomic mass is 9.99. The van der Waals surface area contributed by atoms with E-state index in [-0.39, 0.29) is 17.2 Å². The Bertz CT molecular complexity index is 1030. The molecule has 0 bridgehead atoms. The quantitative estimate of drug-likeness (QED) is 0.809. The zero-order valence-corrected chi connectivity index (χ0v) is 15.3. The summed E-state index contributed by atoms with van der Waals surface area (Å²) in [4.78, 5) is 14.5. The molecule has 0 saturated carbocycles. The second-order valence-electron chi connectivity index (χ2n) is 6.46. The van der Waals surface area contributed by atoms with Crippen LogP contribution in [0.1, 0.15) is 11.1 Å². The van der Waals surface area contributed by atoms with Crippen LogP contribution in [0.4, 0.5) is 10.1 Å². The molecule has 2 aliphatic heterocycles. The highest BCUT2D eigenvalue weighted by molar-refractivity contribution is 7.89. The summed E-state index contributed by atoms with van der Waals surface area (Å²) in [5.74, 6) is -0.724. The molecular formula is C18H18FN3O4S. The topological polar surface area (TPSA) is 87.7 Å². The molecule has 142 valence electrons. The van der Waals surface area contributed by atoms with E-state index in [1.165, 1.54) is 24.1 Å². The predicted octanol–water partition coefficient (Wildman–Crippen LogP) is 1.45. The minimum absolute atomic E-state index is 0.104. The van der Waals surface area contributed by atoms with Crippen LogP contribution in [-0.4, -0.2) is 39.0 Å². The fourth-order valence-electron chi connectivity index (χ4n) is 3.42. The van der Waals surface area contributed by atoms with Gasteiger partial charge in [0, 0.05) is 13.1 Å². The van der Waals surface area contributed by atoms with E-state index in [1.54, 1.807) is 24.3 Å². The third-order valence-corrected chi connectivity index (χ3v) is 6.28. The summed E-state index contributed by atoms with van der Waals surface area (Å²) in [5.41, 5.74) is 1.98. The van der Waals surface area contributed by atoms with E-state index in [0.29, 0.717) is 24.2 Å². The number of nitrogens with one attached hydrogen (secondary N) is 2. The molecule has 27 heavy (non-hydrogen) atoms. The van der Waals surface area contributed by atoms with E-state index in [1.807, 2.05) is 0 Å². The molecule has 4 rings (SSSR count). The lowest BCUT2D eigenvalue weighted by Gasteiger charge is -2.34. The first-order valence-corrected chi connectivity index (χ1v) is 9.89. The van der Waals surface area contributed by atoms with Crippen molar-refractivity contribution in [1.82, 2.24) is 9.62 Å². The van der Waals surface area contributed by atoms with Crippen molar-refractivity contribution in [2.24, 2.45) is 0 Å². The average molecular weight is 391 g/mol. The Hall–Kier alpha value is -2.65. The number of benzene rings is 2. The van der Waals surface area contributed by atoms with Crippen LogP contribution in [0, 0.1) is 5.82 Å². The van der Waals surface area contributed by atoms with Crippen molar-refractivity contribution >= 4 is 21.6 Å². The second-order valence-corrected chi connectivity index (χ2v) is 8.14. The smallest absolute Gasteiger partial charge is 0.261 e. The molecule has 2 aliphatic rings. The number of amides is 1. The summed E-state index contributed by atoms with van der Waals surface area (Å²) in [6, 6.07) is 9.40. The van der Waals surface area contributed by atoms with Gasteiger partial charge in [0.1, 0.15) is 4.90 Å². The van der Waals surface area contributed by atoms with Gasteiger partial charge in [0.2, 0.25) is 10.0 Å². The summed E-state index contributed by atoms with van der Waals surface area (Å²) in [5, 5.41) is 2.93. The molecule has 9 heteroatoms. The fourth-order valence-corrected chi connectivity index (χ4v) is 4.69. The number of methoxy groups -OCH3 is 1. The van der Waals surface area contributed by atoms with Gasteiger partial charge in [-0.1, -0.05) is 12.1 Å². The van der Waals surface area contributed by atoms with E-state index in [0.717, 1.165) is 5.56 Å². The molecule has 0 fully saturated rings. The van der Waals surface area contributed by atoms with E-state index in [4.69, 9.17) is 4.74 Å². The summed E-state index contributed by atoms with van der Waals surface area (Å²) < 4.78 is 46.2. The highest BCUT2D eigenvalue weighted by Crippen LogP contribution is 2.29. The summed E-state index contributed by atoms with van der Waals surface area (Å²) in [6.07, 6.45) is -0.567. The van der Waals surface area contributed by atoms with Crippen LogP contribution in [0.2, 0.25) is 0 Å². The van der Waals surface area contributed by atoms with Crippen LogP contribution in [0.3, 0.4) is 0 Å². The minimum atomic E-state index is -3.79. The van der Waals surface area contributed by atoms with Gasteiger partial charge in [0.05, 0.1) is 12.8 Å². The van der Waals surface area contributed by atoms with E-state index >= 15 is 0 Å².